The van der Waals surface area contributed by atoms with Crippen LogP contribution >= 0.6 is 11.6 Å². The highest BCUT2D eigenvalue weighted by Crippen LogP contribution is 2.37. The Kier molecular flexibility index (Phi) is 5.94. The zero-order valence-electron chi connectivity index (χ0n) is 19.2. The van der Waals surface area contributed by atoms with Crippen LogP contribution in [0.3, 0.4) is 0 Å². The van der Waals surface area contributed by atoms with Gasteiger partial charge in [-0.15, -0.1) is 5.10 Å². The van der Waals surface area contributed by atoms with Crippen LogP contribution in [0.25, 0.3) is 0 Å². The van der Waals surface area contributed by atoms with Crippen molar-refractivity contribution in [2.45, 2.75) is 13.1 Å². The Morgan fingerprint density at radius 2 is 1.49 bits per heavy atom. The normalized spacial score (nSPS) is 15.6. The number of ether oxygens (including phenoxy) is 1. The van der Waals surface area contributed by atoms with Crippen molar-refractivity contribution in [2.24, 2.45) is 4.99 Å². The van der Waals surface area contributed by atoms with Crippen molar-refractivity contribution in [1.82, 2.24) is 24.8 Å². The van der Waals surface area contributed by atoms with Crippen molar-refractivity contribution >= 4 is 23.1 Å². The van der Waals surface area contributed by atoms with Crippen LogP contribution in [0.4, 0.5) is 5.69 Å². The first-order valence-corrected chi connectivity index (χ1v) is 12.2. The summed E-state index contributed by atoms with van der Waals surface area (Å²) in [7, 11) is 0. The van der Waals surface area contributed by atoms with E-state index in [1.165, 1.54) is 5.56 Å². The fraction of sp³-hybridized carbons (Fsp3) is 0.222. The first-order chi connectivity index (χ1) is 17.2. The highest BCUT2D eigenvalue weighted by atomic mass is 35.5. The number of benzene rings is 3. The Bertz CT molecular complexity index is 1340. The molecule has 3 aromatic carbocycles. The van der Waals surface area contributed by atoms with Gasteiger partial charge in [0.15, 0.2) is 17.3 Å². The van der Waals surface area contributed by atoms with Crippen LogP contribution in [0.15, 0.2) is 83.9 Å². The fourth-order valence-corrected chi connectivity index (χ4v) is 4.62. The standard InChI is InChI=1S/C27H25ClN6O/c28-22-12-10-21(11-13-22)19-34-27-25(30-31-34)26(29-23-8-4-5-9-24(23)35-27)33-16-14-32(15-17-33)18-20-6-2-1-3-7-20/h1-13H,14-19H2. The molecule has 0 saturated carbocycles. The lowest BCUT2D eigenvalue weighted by atomic mass is 10.2. The zero-order chi connectivity index (χ0) is 23.6. The maximum atomic E-state index is 6.35. The average molecular weight is 485 g/mol. The molecule has 2 aliphatic rings. The van der Waals surface area contributed by atoms with Gasteiger partial charge < -0.3 is 9.64 Å². The van der Waals surface area contributed by atoms with E-state index in [0.717, 1.165) is 49.8 Å². The Balaban J connectivity index is 1.28. The molecule has 0 atom stereocenters. The zero-order valence-corrected chi connectivity index (χ0v) is 20.0. The van der Waals surface area contributed by atoms with Gasteiger partial charge >= 0.3 is 0 Å². The van der Waals surface area contributed by atoms with E-state index in [2.05, 4.69) is 50.4 Å². The summed E-state index contributed by atoms with van der Waals surface area (Å²) >= 11 is 6.06. The van der Waals surface area contributed by atoms with Gasteiger partial charge in [-0.05, 0) is 35.4 Å². The highest BCUT2D eigenvalue weighted by molar-refractivity contribution is 6.30. The summed E-state index contributed by atoms with van der Waals surface area (Å²) in [6.07, 6.45) is 0. The van der Waals surface area contributed by atoms with Gasteiger partial charge in [-0.2, -0.15) is 0 Å². The number of rotatable bonds is 4. The number of amidine groups is 1. The molecule has 8 heteroatoms. The number of hydrogen-bond donors (Lipinski definition) is 0. The third-order valence-electron chi connectivity index (χ3n) is 6.37. The molecular weight excluding hydrogens is 460 g/mol. The van der Waals surface area contributed by atoms with Gasteiger partial charge in [0.1, 0.15) is 5.69 Å². The van der Waals surface area contributed by atoms with Crippen LogP contribution in [0.2, 0.25) is 5.02 Å². The van der Waals surface area contributed by atoms with Crippen LogP contribution in [0.5, 0.6) is 11.6 Å². The van der Waals surface area contributed by atoms with Crippen molar-refractivity contribution < 1.29 is 4.74 Å². The molecule has 35 heavy (non-hydrogen) atoms. The summed E-state index contributed by atoms with van der Waals surface area (Å²) in [5.74, 6) is 2.12. The van der Waals surface area contributed by atoms with Crippen molar-refractivity contribution in [3.05, 3.63) is 101 Å². The number of piperazine rings is 1. The van der Waals surface area contributed by atoms with Crippen LogP contribution in [0.1, 0.15) is 16.8 Å². The van der Waals surface area contributed by atoms with Crippen LogP contribution in [0, 0.1) is 0 Å². The number of halogens is 1. The summed E-state index contributed by atoms with van der Waals surface area (Å²) in [4.78, 5) is 9.79. The van der Waals surface area contributed by atoms with Gasteiger partial charge in [-0.25, -0.2) is 9.67 Å². The molecule has 0 radical (unpaired) electrons. The molecule has 0 unspecified atom stereocenters. The Morgan fingerprint density at radius 3 is 2.29 bits per heavy atom. The molecule has 6 rings (SSSR count). The summed E-state index contributed by atoms with van der Waals surface area (Å²) < 4.78 is 8.14. The Morgan fingerprint density at radius 1 is 0.771 bits per heavy atom. The second-order valence-corrected chi connectivity index (χ2v) is 9.22. The molecule has 0 spiro atoms. The number of nitrogens with zero attached hydrogens (tertiary/aromatic N) is 6. The third kappa shape index (κ3) is 4.65. The van der Waals surface area contributed by atoms with E-state index >= 15 is 0 Å². The van der Waals surface area contributed by atoms with Crippen molar-refractivity contribution in [1.29, 1.82) is 0 Å². The van der Waals surface area contributed by atoms with Crippen molar-refractivity contribution in [2.75, 3.05) is 26.2 Å². The third-order valence-corrected chi connectivity index (χ3v) is 6.62. The minimum Gasteiger partial charge on any atom is -0.435 e. The van der Waals surface area contributed by atoms with Crippen molar-refractivity contribution in [3.8, 4) is 11.6 Å². The molecule has 176 valence electrons. The lowest BCUT2D eigenvalue weighted by Crippen LogP contribution is -2.48. The van der Waals surface area contributed by atoms with E-state index in [1.807, 2.05) is 48.5 Å². The predicted octanol–water partition coefficient (Wildman–Crippen LogP) is 4.98. The highest BCUT2D eigenvalue weighted by Gasteiger charge is 2.30. The van der Waals surface area contributed by atoms with Crippen LogP contribution in [-0.2, 0) is 13.1 Å². The SMILES string of the molecule is Clc1ccc(Cn2nnc3c2Oc2ccccc2N=C3N2CCN(Cc3ccccc3)CC2)cc1. The largest absolute Gasteiger partial charge is 0.435 e. The van der Waals surface area contributed by atoms with E-state index < -0.39 is 0 Å². The molecule has 0 bridgehead atoms. The first-order valence-electron chi connectivity index (χ1n) is 11.8. The maximum absolute atomic E-state index is 6.35. The number of fused-ring (bicyclic) bond motifs is 2. The second-order valence-electron chi connectivity index (χ2n) is 8.78. The average Bonchev–Trinajstić information content (AvgIpc) is 3.19. The smallest absolute Gasteiger partial charge is 0.250 e. The van der Waals surface area contributed by atoms with Gasteiger partial charge in [0.25, 0.3) is 0 Å². The summed E-state index contributed by atoms with van der Waals surface area (Å²) in [6, 6.07) is 26.2. The predicted molar refractivity (Wildman–Crippen MR) is 137 cm³/mol. The van der Waals surface area contributed by atoms with Crippen LogP contribution in [-0.4, -0.2) is 56.8 Å². The fourth-order valence-electron chi connectivity index (χ4n) is 4.50. The molecule has 0 aliphatic carbocycles. The van der Waals surface area contributed by atoms with E-state index in [0.29, 0.717) is 28.9 Å². The molecular formula is C27H25ClN6O. The molecule has 1 saturated heterocycles. The molecule has 1 aromatic heterocycles. The Labute approximate surface area is 209 Å². The number of aliphatic imine (C=N–C) groups is 1. The molecule has 2 aliphatic heterocycles. The van der Waals surface area contributed by atoms with Crippen LogP contribution < -0.4 is 4.74 Å². The van der Waals surface area contributed by atoms with E-state index in [9.17, 15) is 0 Å². The summed E-state index contributed by atoms with van der Waals surface area (Å²) in [6.45, 7) is 5.10. The van der Waals surface area contributed by atoms with Gasteiger partial charge in [0.05, 0.1) is 6.54 Å². The molecule has 0 amide bonds. The van der Waals surface area contributed by atoms with E-state index in [-0.39, 0.29) is 0 Å². The molecule has 7 nitrogen and oxygen atoms in total. The molecule has 0 N–H and O–H groups in total. The van der Waals surface area contributed by atoms with E-state index in [1.54, 1.807) is 4.68 Å². The molecule has 1 fully saturated rings. The summed E-state index contributed by atoms with van der Waals surface area (Å²) in [5.41, 5.74) is 3.87. The maximum Gasteiger partial charge on any atom is 0.250 e. The molecule has 4 aromatic rings. The van der Waals surface area contributed by atoms with E-state index in [4.69, 9.17) is 21.3 Å². The van der Waals surface area contributed by atoms with Gasteiger partial charge in [0, 0.05) is 37.7 Å². The quantitative estimate of drug-likeness (QED) is 0.409. The Hall–Kier alpha value is -3.68. The summed E-state index contributed by atoms with van der Waals surface area (Å²) in [5, 5.41) is 9.68. The van der Waals surface area contributed by atoms with Gasteiger partial charge in [-0.1, -0.05) is 71.4 Å². The van der Waals surface area contributed by atoms with Crippen molar-refractivity contribution in [3.63, 3.8) is 0 Å². The van der Waals surface area contributed by atoms with Gasteiger partial charge in [0.2, 0.25) is 5.88 Å². The second kappa shape index (κ2) is 9.52. The van der Waals surface area contributed by atoms with Gasteiger partial charge in [-0.3, -0.25) is 4.90 Å². The first kappa shape index (κ1) is 21.8. The lowest BCUT2D eigenvalue weighted by molar-refractivity contribution is 0.175. The number of hydrogen-bond acceptors (Lipinski definition) is 6. The number of para-hydroxylation sites is 2. The topological polar surface area (TPSA) is 58.8 Å². The minimum atomic E-state index is 0.528. The minimum absolute atomic E-state index is 0.528. The number of aromatic nitrogens is 3. The molecule has 3 heterocycles. The monoisotopic (exact) mass is 484 g/mol. The lowest BCUT2D eigenvalue weighted by Gasteiger charge is -2.36.